The summed E-state index contributed by atoms with van der Waals surface area (Å²) in [6.45, 7) is 1.89. The van der Waals surface area contributed by atoms with E-state index in [9.17, 15) is 9.90 Å². The summed E-state index contributed by atoms with van der Waals surface area (Å²) in [5.74, 6) is 0.255. The first-order valence-corrected chi connectivity index (χ1v) is 7.52. The maximum atomic E-state index is 11.8. The highest BCUT2D eigenvalue weighted by molar-refractivity contribution is 9.10. The first-order valence-electron chi connectivity index (χ1n) is 6.73. The monoisotopic (exact) mass is 377 g/mol. The van der Waals surface area contributed by atoms with Gasteiger partial charge in [0.25, 0.3) is 0 Å². The van der Waals surface area contributed by atoms with Gasteiger partial charge in [0, 0.05) is 15.7 Å². The number of aromatic hydroxyl groups is 1. The summed E-state index contributed by atoms with van der Waals surface area (Å²) in [6, 6.07) is 10.2. The van der Waals surface area contributed by atoms with E-state index in [1.165, 1.54) is 13.3 Å². The third kappa shape index (κ3) is 4.46. The molecule has 23 heavy (non-hydrogen) atoms. The number of halogens is 1. The highest BCUT2D eigenvalue weighted by Gasteiger charge is 2.08. The molecule has 0 fully saturated rings. The van der Waals surface area contributed by atoms with Crippen LogP contribution in [0.4, 0.5) is 10.5 Å². The molecule has 2 rings (SSSR count). The molecule has 3 N–H and O–H groups in total. The molecule has 6 nitrogen and oxygen atoms in total. The number of nitrogens with zero attached hydrogens (tertiary/aromatic N) is 1. The minimum atomic E-state index is -0.475. The van der Waals surface area contributed by atoms with Gasteiger partial charge in [-0.2, -0.15) is 5.10 Å². The Kier molecular flexibility index (Phi) is 5.59. The van der Waals surface area contributed by atoms with Gasteiger partial charge in [-0.25, -0.2) is 10.2 Å². The van der Waals surface area contributed by atoms with Crippen LogP contribution in [0.25, 0.3) is 0 Å². The number of amides is 2. The molecule has 120 valence electrons. The van der Waals surface area contributed by atoms with Gasteiger partial charge in [-0.15, -0.1) is 0 Å². The number of hydrogen-bond acceptors (Lipinski definition) is 4. The minimum Gasteiger partial charge on any atom is -0.504 e. The maximum absolute atomic E-state index is 11.8. The summed E-state index contributed by atoms with van der Waals surface area (Å²) < 4.78 is 5.77. The van der Waals surface area contributed by atoms with Crippen molar-refractivity contribution in [1.29, 1.82) is 0 Å². The number of aryl methyl sites for hydroxylation is 1. The lowest BCUT2D eigenvalue weighted by Gasteiger charge is -2.08. The topological polar surface area (TPSA) is 83.0 Å². The second-order valence-electron chi connectivity index (χ2n) is 4.68. The van der Waals surface area contributed by atoms with E-state index in [1.807, 2.05) is 25.1 Å². The molecule has 0 aliphatic rings. The molecule has 0 saturated heterocycles. The van der Waals surface area contributed by atoms with Gasteiger partial charge >= 0.3 is 6.03 Å². The number of nitrogens with one attached hydrogen (secondary N) is 2. The van der Waals surface area contributed by atoms with Crippen molar-refractivity contribution in [2.75, 3.05) is 12.4 Å². The van der Waals surface area contributed by atoms with Crippen LogP contribution < -0.4 is 15.5 Å². The number of phenolic OH excluding ortho intramolecular Hbond substituents is 1. The second kappa shape index (κ2) is 7.64. The van der Waals surface area contributed by atoms with Crippen LogP contribution in [0.1, 0.15) is 11.1 Å². The summed E-state index contributed by atoms with van der Waals surface area (Å²) in [7, 11) is 1.45. The van der Waals surface area contributed by atoms with Gasteiger partial charge in [-0.3, -0.25) is 0 Å². The molecule has 2 amide bonds. The Bertz CT molecular complexity index is 747. The smallest absolute Gasteiger partial charge is 0.339 e. The number of urea groups is 1. The van der Waals surface area contributed by atoms with Crippen molar-refractivity contribution in [2.45, 2.75) is 6.92 Å². The minimum absolute atomic E-state index is 0.0550. The molecule has 0 aliphatic heterocycles. The largest absolute Gasteiger partial charge is 0.504 e. The third-order valence-electron chi connectivity index (χ3n) is 3.05. The Balaban J connectivity index is 2.03. The standard InChI is InChI=1S/C16H16BrN3O3/c1-10-5-3-4-6-13(10)19-16(22)20-18-9-11-7-12(17)8-14(23-2)15(11)21/h3-9,21H,1-2H3,(H2,19,20,22). The first-order chi connectivity index (χ1) is 11.0. The number of para-hydroxylation sites is 1. The van der Waals surface area contributed by atoms with Crippen molar-refractivity contribution < 1.29 is 14.6 Å². The molecule has 0 unspecified atom stereocenters. The van der Waals surface area contributed by atoms with E-state index in [1.54, 1.807) is 18.2 Å². The molecule has 2 aromatic carbocycles. The average Bonchev–Trinajstić information content (AvgIpc) is 2.52. The normalized spacial score (nSPS) is 10.6. The molecular formula is C16H16BrN3O3. The van der Waals surface area contributed by atoms with Crippen LogP contribution in [-0.2, 0) is 0 Å². The van der Waals surface area contributed by atoms with Gasteiger partial charge in [0.2, 0.25) is 0 Å². The first kappa shape index (κ1) is 16.8. The van der Waals surface area contributed by atoms with E-state index >= 15 is 0 Å². The Morgan fingerprint density at radius 3 is 2.78 bits per heavy atom. The highest BCUT2D eigenvalue weighted by atomic mass is 79.9. The number of rotatable bonds is 4. The van der Waals surface area contributed by atoms with Crippen LogP contribution in [-0.4, -0.2) is 24.5 Å². The number of carbonyl (C=O) groups excluding carboxylic acids is 1. The molecule has 0 aromatic heterocycles. The van der Waals surface area contributed by atoms with Gasteiger partial charge in [0.1, 0.15) is 0 Å². The molecule has 0 bridgehead atoms. The number of benzene rings is 2. The maximum Gasteiger partial charge on any atom is 0.339 e. The molecule has 0 saturated carbocycles. The molecule has 0 spiro atoms. The predicted molar refractivity (Wildman–Crippen MR) is 93.3 cm³/mol. The molecule has 0 radical (unpaired) electrons. The van der Waals surface area contributed by atoms with Crippen molar-refractivity contribution in [3.8, 4) is 11.5 Å². The van der Waals surface area contributed by atoms with Crippen LogP contribution in [0.15, 0.2) is 46.0 Å². The van der Waals surface area contributed by atoms with Crippen LogP contribution in [0.2, 0.25) is 0 Å². The van der Waals surface area contributed by atoms with Crippen molar-refractivity contribution in [2.24, 2.45) is 5.10 Å². The summed E-state index contributed by atoms with van der Waals surface area (Å²) in [6.07, 6.45) is 1.33. The number of carbonyl (C=O) groups is 1. The zero-order chi connectivity index (χ0) is 16.8. The number of ether oxygens (including phenoxy) is 1. The van der Waals surface area contributed by atoms with Gasteiger partial charge in [0.05, 0.1) is 13.3 Å². The van der Waals surface area contributed by atoms with Gasteiger partial charge in [0.15, 0.2) is 11.5 Å². The van der Waals surface area contributed by atoms with Crippen LogP contribution in [0, 0.1) is 6.92 Å². The van der Waals surface area contributed by atoms with Crippen molar-refractivity contribution in [3.05, 3.63) is 52.0 Å². The second-order valence-corrected chi connectivity index (χ2v) is 5.60. The molecule has 0 aliphatic carbocycles. The predicted octanol–water partition coefficient (Wildman–Crippen LogP) is 3.63. The van der Waals surface area contributed by atoms with Crippen LogP contribution in [0.3, 0.4) is 0 Å². The Morgan fingerprint density at radius 2 is 2.09 bits per heavy atom. The summed E-state index contributed by atoms with van der Waals surface area (Å²) in [5.41, 5.74) is 4.40. The quantitative estimate of drug-likeness (QED) is 0.561. The van der Waals surface area contributed by atoms with Gasteiger partial charge < -0.3 is 15.2 Å². The van der Waals surface area contributed by atoms with E-state index in [0.29, 0.717) is 17.0 Å². The lowest BCUT2D eigenvalue weighted by molar-refractivity contribution is 0.252. The number of hydrazone groups is 1. The van der Waals surface area contributed by atoms with E-state index < -0.39 is 6.03 Å². The lowest BCUT2D eigenvalue weighted by Crippen LogP contribution is -2.24. The molecular weight excluding hydrogens is 362 g/mol. The number of phenols is 1. The zero-order valence-corrected chi connectivity index (χ0v) is 14.2. The Morgan fingerprint density at radius 1 is 1.35 bits per heavy atom. The lowest BCUT2D eigenvalue weighted by atomic mass is 10.2. The fraction of sp³-hybridized carbons (Fsp3) is 0.125. The molecule has 7 heteroatoms. The Hall–Kier alpha value is -2.54. The van der Waals surface area contributed by atoms with Crippen LogP contribution in [0.5, 0.6) is 11.5 Å². The number of hydrogen-bond donors (Lipinski definition) is 3. The number of methoxy groups -OCH3 is 1. The SMILES string of the molecule is COc1cc(Br)cc(C=NNC(=O)Nc2ccccc2C)c1O. The zero-order valence-electron chi connectivity index (χ0n) is 12.6. The summed E-state index contributed by atoms with van der Waals surface area (Å²) >= 11 is 3.31. The molecule has 0 heterocycles. The summed E-state index contributed by atoms with van der Waals surface area (Å²) in [5, 5.41) is 16.5. The van der Waals surface area contributed by atoms with E-state index in [2.05, 4.69) is 31.8 Å². The van der Waals surface area contributed by atoms with Gasteiger partial charge in [-0.1, -0.05) is 34.1 Å². The average molecular weight is 378 g/mol. The van der Waals surface area contributed by atoms with Gasteiger partial charge in [-0.05, 0) is 30.7 Å². The fourth-order valence-electron chi connectivity index (χ4n) is 1.87. The highest BCUT2D eigenvalue weighted by Crippen LogP contribution is 2.32. The van der Waals surface area contributed by atoms with E-state index in [4.69, 9.17) is 4.74 Å². The fourth-order valence-corrected chi connectivity index (χ4v) is 2.33. The summed E-state index contributed by atoms with van der Waals surface area (Å²) in [4.78, 5) is 11.8. The van der Waals surface area contributed by atoms with Crippen molar-refractivity contribution in [3.63, 3.8) is 0 Å². The number of anilines is 1. The molecule has 2 aromatic rings. The Labute approximate surface area is 142 Å². The molecule has 0 atom stereocenters. The van der Waals surface area contributed by atoms with Crippen molar-refractivity contribution >= 4 is 33.9 Å². The van der Waals surface area contributed by atoms with Crippen LogP contribution >= 0.6 is 15.9 Å². The van der Waals surface area contributed by atoms with Crippen molar-refractivity contribution in [1.82, 2.24) is 5.43 Å². The van der Waals surface area contributed by atoms with E-state index in [0.717, 1.165) is 10.0 Å². The third-order valence-corrected chi connectivity index (χ3v) is 3.51. The van der Waals surface area contributed by atoms with E-state index in [-0.39, 0.29) is 5.75 Å².